The topological polar surface area (TPSA) is 54.6 Å². The molecule has 7 heteroatoms. The van der Waals surface area contributed by atoms with Gasteiger partial charge in [-0.15, -0.1) is 11.3 Å². The number of amides is 1. The zero-order valence-electron chi connectivity index (χ0n) is 12.1. The molecule has 0 aliphatic carbocycles. The molecule has 0 fully saturated rings. The summed E-state index contributed by atoms with van der Waals surface area (Å²) in [6.45, 7) is 0. The Morgan fingerprint density at radius 3 is 2.75 bits per heavy atom. The first-order valence-electron chi connectivity index (χ1n) is 7.00. The van der Waals surface area contributed by atoms with Gasteiger partial charge in [-0.1, -0.05) is 40.2 Å². The van der Waals surface area contributed by atoms with Crippen LogP contribution in [0.15, 0.2) is 58.0 Å². The molecule has 1 amide bonds. The van der Waals surface area contributed by atoms with Crippen molar-refractivity contribution >= 4 is 51.0 Å². The SMILES string of the molecule is O=C1N=c2ccccc2=C1c1sc(=S)n(-c2cccc(Br)c2)c1O. The molecule has 0 bridgehead atoms. The first-order valence-corrected chi connectivity index (χ1v) is 9.01. The van der Waals surface area contributed by atoms with Crippen molar-refractivity contribution in [2.45, 2.75) is 0 Å². The lowest BCUT2D eigenvalue weighted by molar-refractivity contribution is -0.112. The van der Waals surface area contributed by atoms with Crippen molar-refractivity contribution in [3.63, 3.8) is 0 Å². The minimum absolute atomic E-state index is 0.0432. The molecule has 1 N–H and O–H groups in total. The van der Waals surface area contributed by atoms with E-state index in [2.05, 4.69) is 20.9 Å². The predicted molar refractivity (Wildman–Crippen MR) is 98.6 cm³/mol. The Kier molecular flexibility index (Phi) is 3.71. The number of carbonyl (C=O) groups is 1. The highest BCUT2D eigenvalue weighted by atomic mass is 79.9. The van der Waals surface area contributed by atoms with Gasteiger partial charge in [0.1, 0.15) is 4.88 Å². The van der Waals surface area contributed by atoms with Crippen LogP contribution < -0.4 is 10.6 Å². The molecule has 0 spiro atoms. The first-order chi connectivity index (χ1) is 11.6. The maximum atomic E-state index is 12.3. The van der Waals surface area contributed by atoms with Crippen LogP contribution in [-0.4, -0.2) is 15.6 Å². The molecular weight excluding hydrogens is 408 g/mol. The summed E-state index contributed by atoms with van der Waals surface area (Å²) in [4.78, 5) is 16.8. The van der Waals surface area contributed by atoms with Crippen LogP contribution in [0.3, 0.4) is 0 Å². The second kappa shape index (κ2) is 5.77. The fourth-order valence-corrected chi connectivity index (χ4v) is 4.42. The van der Waals surface area contributed by atoms with E-state index < -0.39 is 0 Å². The summed E-state index contributed by atoms with van der Waals surface area (Å²) in [5, 5.41) is 12.1. The minimum Gasteiger partial charge on any atom is -0.493 e. The molecule has 24 heavy (non-hydrogen) atoms. The maximum absolute atomic E-state index is 12.3. The molecule has 0 atom stereocenters. The molecular formula is C17H9BrN2O2S2. The highest BCUT2D eigenvalue weighted by molar-refractivity contribution is 9.10. The van der Waals surface area contributed by atoms with E-state index in [4.69, 9.17) is 12.2 Å². The number of nitrogens with zero attached hydrogens (tertiary/aromatic N) is 2. The van der Waals surface area contributed by atoms with Gasteiger partial charge in [0.2, 0.25) is 5.88 Å². The average molecular weight is 417 g/mol. The van der Waals surface area contributed by atoms with E-state index in [1.54, 1.807) is 10.6 Å². The smallest absolute Gasteiger partial charge is 0.279 e. The van der Waals surface area contributed by atoms with E-state index in [-0.39, 0.29) is 11.8 Å². The van der Waals surface area contributed by atoms with Gasteiger partial charge in [-0.05, 0) is 36.5 Å². The number of thiazole rings is 1. The zero-order chi connectivity index (χ0) is 16.8. The molecule has 2 heterocycles. The molecule has 0 saturated heterocycles. The summed E-state index contributed by atoms with van der Waals surface area (Å²) in [6, 6.07) is 14.7. The van der Waals surface area contributed by atoms with E-state index in [0.717, 1.165) is 15.4 Å². The summed E-state index contributed by atoms with van der Waals surface area (Å²) in [5.41, 5.74) is 1.12. The molecule has 118 valence electrons. The third-order valence-corrected chi connectivity index (χ3v) is 5.56. The Balaban J connectivity index is 2.01. The van der Waals surface area contributed by atoms with Crippen molar-refractivity contribution in [1.29, 1.82) is 0 Å². The van der Waals surface area contributed by atoms with Gasteiger partial charge in [0.15, 0.2) is 3.95 Å². The largest absolute Gasteiger partial charge is 0.493 e. The predicted octanol–water partition coefficient (Wildman–Crippen LogP) is 3.10. The van der Waals surface area contributed by atoms with Gasteiger partial charge in [0, 0.05) is 9.69 Å². The van der Waals surface area contributed by atoms with Crippen molar-refractivity contribution < 1.29 is 9.90 Å². The number of aromatic hydroxyl groups is 1. The third-order valence-electron chi connectivity index (χ3n) is 3.69. The molecule has 0 saturated carbocycles. The normalized spacial score (nSPS) is 13.0. The molecule has 1 aliphatic rings. The molecule has 0 unspecified atom stereocenters. The fourth-order valence-electron chi connectivity index (χ4n) is 2.65. The zero-order valence-corrected chi connectivity index (χ0v) is 15.3. The molecule has 4 nitrogen and oxygen atoms in total. The van der Waals surface area contributed by atoms with Crippen LogP contribution in [0, 0.1) is 3.95 Å². The number of fused-ring (bicyclic) bond motifs is 1. The Labute approximate surface area is 154 Å². The monoisotopic (exact) mass is 416 g/mol. The number of hydrogen-bond donors (Lipinski definition) is 1. The van der Waals surface area contributed by atoms with Gasteiger partial charge in [-0.2, -0.15) is 0 Å². The third kappa shape index (κ3) is 2.36. The van der Waals surface area contributed by atoms with Gasteiger partial charge in [-0.25, -0.2) is 4.99 Å². The van der Waals surface area contributed by atoms with E-state index in [1.807, 2.05) is 42.5 Å². The van der Waals surface area contributed by atoms with Crippen LogP contribution in [0.25, 0.3) is 11.3 Å². The second-order valence-electron chi connectivity index (χ2n) is 5.15. The van der Waals surface area contributed by atoms with Crippen molar-refractivity contribution in [2.75, 3.05) is 0 Å². The van der Waals surface area contributed by atoms with Crippen molar-refractivity contribution in [2.24, 2.45) is 4.99 Å². The summed E-state index contributed by atoms with van der Waals surface area (Å²) in [7, 11) is 0. The van der Waals surface area contributed by atoms with Crippen LogP contribution in [0.2, 0.25) is 0 Å². The Morgan fingerprint density at radius 2 is 1.96 bits per heavy atom. The van der Waals surface area contributed by atoms with Gasteiger partial charge in [0.05, 0.1) is 16.6 Å². The number of benzene rings is 2. The summed E-state index contributed by atoms with van der Waals surface area (Å²) in [6.07, 6.45) is 0. The lowest BCUT2D eigenvalue weighted by atomic mass is 10.1. The first kappa shape index (κ1) is 15.4. The molecule has 4 rings (SSSR count). The van der Waals surface area contributed by atoms with Gasteiger partial charge in [-0.3, -0.25) is 9.36 Å². The van der Waals surface area contributed by atoms with Crippen molar-refractivity contribution in [3.8, 4) is 11.6 Å². The second-order valence-corrected chi connectivity index (χ2v) is 7.70. The lowest BCUT2D eigenvalue weighted by Crippen LogP contribution is -2.22. The van der Waals surface area contributed by atoms with Crippen molar-refractivity contribution in [3.05, 3.63) is 72.4 Å². The van der Waals surface area contributed by atoms with Gasteiger partial charge < -0.3 is 5.11 Å². The Hall–Kier alpha value is -2.09. The number of rotatable bonds is 2. The number of aromatic nitrogens is 1. The molecule has 3 aromatic rings. The van der Waals surface area contributed by atoms with Crippen LogP contribution in [-0.2, 0) is 4.79 Å². The maximum Gasteiger partial charge on any atom is 0.279 e. The van der Waals surface area contributed by atoms with Gasteiger partial charge in [0.25, 0.3) is 5.91 Å². The quantitative estimate of drug-likeness (QED) is 0.653. The van der Waals surface area contributed by atoms with E-state index in [0.29, 0.717) is 19.8 Å². The standard InChI is InChI=1S/C17H9BrN2O2S2/c18-9-4-3-5-10(8-9)20-16(22)14(24-17(20)23)13-11-6-1-2-7-12(11)19-15(13)21/h1-8,22H. The molecule has 0 radical (unpaired) electrons. The average Bonchev–Trinajstić information content (AvgIpc) is 3.02. The molecule has 1 aliphatic heterocycles. The van der Waals surface area contributed by atoms with Crippen LogP contribution in [0.1, 0.15) is 4.88 Å². The Morgan fingerprint density at radius 1 is 1.17 bits per heavy atom. The van der Waals surface area contributed by atoms with Crippen LogP contribution >= 0.6 is 39.5 Å². The van der Waals surface area contributed by atoms with E-state index >= 15 is 0 Å². The molecule has 1 aromatic heterocycles. The summed E-state index contributed by atoms with van der Waals surface area (Å²) < 4.78 is 2.89. The Bertz CT molecular complexity index is 1180. The highest BCUT2D eigenvalue weighted by Gasteiger charge is 2.25. The van der Waals surface area contributed by atoms with Crippen LogP contribution in [0.5, 0.6) is 5.88 Å². The van der Waals surface area contributed by atoms with Crippen molar-refractivity contribution in [1.82, 2.24) is 4.57 Å². The number of para-hydroxylation sites is 1. The highest BCUT2D eigenvalue weighted by Crippen LogP contribution is 2.35. The molecule has 2 aromatic carbocycles. The van der Waals surface area contributed by atoms with E-state index in [1.165, 1.54) is 11.3 Å². The fraction of sp³-hybridized carbons (Fsp3) is 0. The lowest BCUT2D eigenvalue weighted by Gasteiger charge is -2.05. The van der Waals surface area contributed by atoms with Crippen LogP contribution in [0.4, 0.5) is 0 Å². The summed E-state index contributed by atoms with van der Waals surface area (Å²) >= 11 is 10.0. The minimum atomic E-state index is -0.357. The number of halogens is 1. The number of carbonyl (C=O) groups excluding carboxylic acids is 1. The van der Waals surface area contributed by atoms with Gasteiger partial charge >= 0.3 is 0 Å². The number of hydrogen-bond acceptors (Lipinski definition) is 4. The summed E-state index contributed by atoms with van der Waals surface area (Å²) in [5.74, 6) is -0.400. The van der Waals surface area contributed by atoms with E-state index in [9.17, 15) is 9.90 Å².